The third-order valence-corrected chi connectivity index (χ3v) is 4.41. The van der Waals surface area contributed by atoms with Crippen LogP contribution in [0.15, 0.2) is 48.1 Å². The van der Waals surface area contributed by atoms with Gasteiger partial charge in [0.2, 0.25) is 0 Å². The fourth-order valence-corrected chi connectivity index (χ4v) is 3.35. The molecule has 18 heavy (non-hydrogen) atoms. The standard InChI is InChI=1S/C17H23P/c1-4-7-14-12-13(2)10-11-17(14,3)15-8-5-6-9-16(15)18/h5-6,8-13H,4,7,18H2,1-3H3. The molecule has 1 aromatic rings. The molecular formula is C17H23P. The van der Waals surface area contributed by atoms with Crippen molar-refractivity contribution in [3.05, 3.63) is 53.6 Å². The minimum absolute atomic E-state index is 0.0703. The van der Waals surface area contributed by atoms with E-state index in [0.29, 0.717) is 5.92 Å². The molecule has 3 unspecified atom stereocenters. The molecule has 0 radical (unpaired) electrons. The van der Waals surface area contributed by atoms with Crippen LogP contribution in [0, 0.1) is 5.92 Å². The van der Waals surface area contributed by atoms with Crippen LogP contribution in [0.3, 0.4) is 0 Å². The van der Waals surface area contributed by atoms with Crippen LogP contribution in [0.2, 0.25) is 0 Å². The molecule has 96 valence electrons. The molecule has 1 aliphatic carbocycles. The summed E-state index contributed by atoms with van der Waals surface area (Å²) in [6, 6.07) is 8.68. The highest BCUT2D eigenvalue weighted by Gasteiger charge is 2.31. The molecule has 0 saturated heterocycles. The fourth-order valence-electron chi connectivity index (χ4n) is 2.84. The topological polar surface area (TPSA) is 0 Å². The zero-order valence-corrected chi connectivity index (χ0v) is 12.8. The van der Waals surface area contributed by atoms with Crippen molar-refractivity contribution in [2.24, 2.45) is 5.92 Å². The van der Waals surface area contributed by atoms with Gasteiger partial charge in [0.1, 0.15) is 0 Å². The van der Waals surface area contributed by atoms with Crippen molar-refractivity contribution in [1.82, 2.24) is 0 Å². The van der Waals surface area contributed by atoms with E-state index in [4.69, 9.17) is 0 Å². The largest absolute Gasteiger partial charge is 0.105 e. The SMILES string of the molecule is CCCC1=CC(C)C=CC1(C)c1ccccc1P. The molecule has 0 aromatic heterocycles. The summed E-state index contributed by atoms with van der Waals surface area (Å²) >= 11 is 0. The van der Waals surface area contributed by atoms with E-state index in [-0.39, 0.29) is 5.41 Å². The molecule has 0 nitrogen and oxygen atoms in total. The van der Waals surface area contributed by atoms with Crippen LogP contribution in [0.5, 0.6) is 0 Å². The third kappa shape index (κ3) is 2.45. The monoisotopic (exact) mass is 258 g/mol. The highest BCUT2D eigenvalue weighted by atomic mass is 31.0. The van der Waals surface area contributed by atoms with Gasteiger partial charge in [-0.15, -0.1) is 9.24 Å². The van der Waals surface area contributed by atoms with Crippen LogP contribution in [-0.4, -0.2) is 0 Å². The smallest absolute Gasteiger partial charge is 0.0319 e. The maximum Gasteiger partial charge on any atom is 0.0319 e. The van der Waals surface area contributed by atoms with Gasteiger partial charge in [-0.05, 0) is 30.1 Å². The van der Waals surface area contributed by atoms with Crippen LogP contribution in [0.1, 0.15) is 39.2 Å². The van der Waals surface area contributed by atoms with Crippen molar-refractivity contribution in [3.8, 4) is 0 Å². The summed E-state index contributed by atoms with van der Waals surface area (Å²) in [5.74, 6) is 0.566. The van der Waals surface area contributed by atoms with Gasteiger partial charge in [0.15, 0.2) is 0 Å². The highest BCUT2D eigenvalue weighted by molar-refractivity contribution is 7.27. The summed E-state index contributed by atoms with van der Waals surface area (Å²) in [4.78, 5) is 0. The summed E-state index contributed by atoms with van der Waals surface area (Å²) in [6.07, 6.45) is 9.56. The van der Waals surface area contributed by atoms with Crippen molar-refractivity contribution < 1.29 is 0 Å². The predicted molar refractivity (Wildman–Crippen MR) is 84.4 cm³/mol. The van der Waals surface area contributed by atoms with Gasteiger partial charge in [-0.2, -0.15) is 0 Å². The molecule has 0 fully saturated rings. The van der Waals surface area contributed by atoms with Crippen molar-refractivity contribution in [3.63, 3.8) is 0 Å². The first kappa shape index (κ1) is 13.6. The Labute approximate surface area is 113 Å². The summed E-state index contributed by atoms with van der Waals surface area (Å²) in [7, 11) is 2.88. The zero-order valence-electron chi connectivity index (χ0n) is 11.6. The van der Waals surface area contributed by atoms with E-state index < -0.39 is 0 Å². The Hall–Kier alpha value is -0.870. The highest BCUT2D eigenvalue weighted by Crippen LogP contribution is 2.39. The van der Waals surface area contributed by atoms with Crippen LogP contribution in [0.25, 0.3) is 0 Å². The lowest BCUT2D eigenvalue weighted by Crippen LogP contribution is -2.29. The predicted octanol–water partition coefficient (Wildman–Crippen LogP) is 4.38. The maximum absolute atomic E-state index is 2.88. The van der Waals surface area contributed by atoms with E-state index in [1.54, 1.807) is 5.57 Å². The Morgan fingerprint density at radius 3 is 2.67 bits per heavy atom. The second-order valence-electron chi connectivity index (χ2n) is 5.45. The first-order valence-electron chi connectivity index (χ1n) is 6.83. The van der Waals surface area contributed by atoms with E-state index in [1.807, 2.05) is 0 Å². The number of hydrogen-bond acceptors (Lipinski definition) is 0. The molecule has 1 heteroatoms. The second kappa shape index (κ2) is 5.41. The van der Waals surface area contributed by atoms with Gasteiger partial charge < -0.3 is 0 Å². The average molecular weight is 258 g/mol. The molecule has 1 aliphatic rings. The minimum Gasteiger partial charge on any atom is -0.105 e. The van der Waals surface area contributed by atoms with E-state index in [0.717, 1.165) is 0 Å². The zero-order chi connectivity index (χ0) is 13.2. The molecule has 1 aromatic carbocycles. The maximum atomic E-state index is 2.88. The summed E-state index contributed by atoms with van der Waals surface area (Å²) < 4.78 is 0. The normalized spacial score (nSPS) is 27.1. The molecule has 3 atom stereocenters. The molecule has 0 N–H and O–H groups in total. The van der Waals surface area contributed by atoms with Crippen molar-refractivity contribution in [2.75, 3.05) is 0 Å². The van der Waals surface area contributed by atoms with Crippen molar-refractivity contribution >= 4 is 14.5 Å². The van der Waals surface area contributed by atoms with Crippen LogP contribution in [0.4, 0.5) is 0 Å². The van der Waals surface area contributed by atoms with E-state index >= 15 is 0 Å². The van der Waals surface area contributed by atoms with Gasteiger partial charge >= 0.3 is 0 Å². The first-order valence-corrected chi connectivity index (χ1v) is 7.41. The van der Waals surface area contributed by atoms with Gasteiger partial charge in [0, 0.05) is 5.41 Å². The third-order valence-electron chi connectivity index (χ3n) is 3.90. The second-order valence-corrected chi connectivity index (χ2v) is 6.07. The van der Waals surface area contributed by atoms with E-state index in [2.05, 4.69) is 72.5 Å². The molecular weight excluding hydrogens is 235 g/mol. The number of hydrogen-bond donors (Lipinski definition) is 0. The lowest BCUT2D eigenvalue weighted by atomic mass is 9.70. The molecule has 2 rings (SSSR count). The Kier molecular flexibility index (Phi) is 4.07. The molecule has 0 aliphatic heterocycles. The Balaban J connectivity index is 2.49. The van der Waals surface area contributed by atoms with Gasteiger partial charge in [-0.1, -0.05) is 68.3 Å². The summed E-state index contributed by atoms with van der Waals surface area (Å²) in [6.45, 7) is 6.87. The van der Waals surface area contributed by atoms with Gasteiger partial charge in [0.25, 0.3) is 0 Å². The van der Waals surface area contributed by atoms with Gasteiger partial charge in [-0.25, -0.2) is 0 Å². The Morgan fingerprint density at radius 1 is 1.28 bits per heavy atom. The van der Waals surface area contributed by atoms with Gasteiger partial charge in [-0.3, -0.25) is 0 Å². The molecule has 0 spiro atoms. The van der Waals surface area contributed by atoms with Crippen LogP contribution < -0.4 is 5.30 Å². The van der Waals surface area contributed by atoms with E-state index in [1.165, 1.54) is 23.7 Å². The lowest BCUT2D eigenvalue weighted by Gasteiger charge is -2.35. The summed E-state index contributed by atoms with van der Waals surface area (Å²) in [5.41, 5.74) is 3.05. The van der Waals surface area contributed by atoms with Crippen LogP contribution >= 0.6 is 9.24 Å². The quantitative estimate of drug-likeness (QED) is 0.557. The Morgan fingerprint density at radius 2 is 2.00 bits per heavy atom. The van der Waals surface area contributed by atoms with Crippen molar-refractivity contribution in [2.45, 2.75) is 39.0 Å². The molecule has 0 bridgehead atoms. The average Bonchev–Trinajstić information content (AvgIpc) is 2.35. The first-order chi connectivity index (χ1) is 8.58. The minimum atomic E-state index is 0.0703. The lowest BCUT2D eigenvalue weighted by molar-refractivity contribution is 0.623. The molecule has 0 heterocycles. The number of benzene rings is 1. The Bertz CT molecular complexity index is 484. The number of allylic oxidation sites excluding steroid dienone is 4. The number of rotatable bonds is 3. The van der Waals surface area contributed by atoms with Crippen molar-refractivity contribution in [1.29, 1.82) is 0 Å². The van der Waals surface area contributed by atoms with Crippen LogP contribution in [-0.2, 0) is 5.41 Å². The van der Waals surface area contributed by atoms with Gasteiger partial charge in [0.05, 0.1) is 0 Å². The molecule has 0 amide bonds. The summed E-state index contributed by atoms with van der Waals surface area (Å²) in [5, 5.41) is 1.31. The fraction of sp³-hybridized carbons (Fsp3) is 0.412. The molecule has 0 saturated carbocycles. The van der Waals surface area contributed by atoms with E-state index in [9.17, 15) is 0 Å².